The Hall–Kier alpha value is -1.34. The SMILES string of the molecule is CCOC(=O)CCc1cnc(SC)nc1NC1CCCC1(O)CC. The Bertz CT molecular complexity index is 570. The van der Waals surface area contributed by atoms with Crippen LogP contribution in [0.2, 0.25) is 0 Å². The molecular weight excluding hydrogens is 326 g/mol. The van der Waals surface area contributed by atoms with Crippen LogP contribution in [0.25, 0.3) is 0 Å². The number of aryl methyl sites for hydroxylation is 1. The van der Waals surface area contributed by atoms with E-state index in [4.69, 9.17) is 4.74 Å². The van der Waals surface area contributed by atoms with Gasteiger partial charge in [-0.05, 0) is 45.3 Å². The zero-order valence-corrected chi connectivity index (χ0v) is 15.5. The molecule has 2 N–H and O–H groups in total. The van der Waals surface area contributed by atoms with Crippen LogP contribution in [0.4, 0.5) is 5.82 Å². The highest BCUT2D eigenvalue weighted by Gasteiger charge is 2.40. The van der Waals surface area contributed by atoms with Crippen molar-refractivity contribution < 1.29 is 14.6 Å². The molecule has 2 rings (SSSR count). The Morgan fingerprint density at radius 2 is 2.33 bits per heavy atom. The van der Waals surface area contributed by atoms with Gasteiger partial charge in [-0.2, -0.15) is 0 Å². The molecule has 0 amide bonds. The molecule has 0 aromatic carbocycles. The van der Waals surface area contributed by atoms with E-state index in [0.29, 0.717) is 31.0 Å². The van der Waals surface area contributed by atoms with Gasteiger partial charge in [0.05, 0.1) is 18.2 Å². The summed E-state index contributed by atoms with van der Waals surface area (Å²) in [5, 5.41) is 14.8. The molecule has 1 aliphatic carbocycles. The smallest absolute Gasteiger partial charge is 0.306 e. The number of esters is 1. The van der Waals surface area contributed by atoms with Crippen LogP contribution in [0.5, 0.6) is 0 Å². The van der Waals surface area contributed by atoms with Crippen LogP contribution in [0, 0.1) is 0 Å². The molecule has 1 fully saturated rings. The lowest BCUT2D eigenvalue weighted by Gasteiger charge is -2.30. The molecule has 6 nitrogen and oxygen atoms in total. The second kappa shape index (κ2) is 8.67. The Morgan fingerprint density at radius 1 is 1.54 bits per heavy atom. The van der Waals surface area contributed by atoms with Crippen molar-refractivity contribution in [1.82, 2.24) is 9.97 Å². The van der Waals surface area contributed by atoms with Crippen LogP contribution in [-0.2, 0) is 16.0 Å². The number of anilines is 1. The van der Waals surface area contributed by atoms with E-state index < -0.39 is 5.60 Å². The fourth-order valence-corrected chi connectivity index (χ4v) is 3.46. The maximum Gasteiger partial charge on any atom is 0.306 e. The van der Waals surface area contributed by atoms with E-state index in [2.05, 4.69) is 15.3 Å². The summed E-state index contributed by atoms with van der Waals surface area (Å²) >= 11 is 1.47. The minimum absolute atomic E-state index is 0.0200. The Kier molecular flexibility index (Phi) is 6.86. The largest absolute Gasteiger partial charge is 0.466 e. The topological polar surface area (TPSA) is 84.3 Å². The van der Waals surface area contributed by atoms with Gasteiger partial charge in [0, 0.05) is 18.2 Å². The maximum absolute atomic E-state index is 11.6. The highest BCUT2D eigenvalue weighted by atomic mass is 32.2. The monoisotopic (exact) mass is 353 g/mol. The fourth-order valence-electron chi connectivity index (χ4n) is 3.12. The molecule has 1 aromatic heterocycles. The molecule has 1 aromatic rings. The number of nitrogens with one attached hydrogen (secondary N) is 1. The predicted octanol–water partition coefficient (Wildman–Crippen LogP) is 2.80. The molecule has 0 spiro atoms. The van der Waals surface area contributed by atoms with E-state index in [1.54, 1.807) is 13.1 Å². The molecule has 2 atom stereocenters. The third-order valence-corrected chi connectivity index (χ3v) is 5.16. The standard InChI is InChI=1S/C17H27N3O3S/c1-4-17(22)10-6-7-13(17)19-15-12(8-9-14(21)23-5-2)11-18-16(20-15)24-3/h11,13,22H,4-10H2,1-3H3,(H,18,19,20). The average molecular weight is 353 g/mol. The van der Waals surface area contributed by atoms with Crippen molar-refractivity contribution in [1.29, 1.82) is 0 Å². The van der Waals surface area contributed by atoms with Gasteiger partial charge in [-0.25, -0.2) is 9.97 Å². The van der Waals surface area contributed by atoms with Crippen molar-refractivity contribution in [3.63, 3.8) is 0 Å². The summed E-state index contributed by atoms with van der Waals surface area (Å²) < 4.78 is 4.99. The third-order valence-electron chi connectivity index (χ3n) is 4.60. The van der Waals surface area contributed by atoms with Crippen LogP contribution < -0.4 is 5.32 Å². The summed E-state index contributed by atoms with van der Waals surface area (Å²) in [6.07, 6.45) is 7.94. The van der Waals surface area contributed by atoms with Crippen molar-refractivity contribution in [3.8, 4) is 0 Å². The molecule has 1 aliphatic rings. The Balaban J connectivity index is 2.15. The van der Waals surface area contributed by atoms with Gasteiger partial charge in [-0.3, -0.25) is 4.79 Å². The predicted molar refractivity (Wildman–Crippen MR) is 95.3 cm³/mol. The van der Waals surface area contributed by atoms with Gasteiger partial charge in [0.2, 0.25) is 0 Å². The quantitative estimate of drug-likeness (QED) is 0.422. The summed E-state index contributed by atoms with van der Waals surface area (Å²) in [6.45, 7) is 4.19. The maximum atomic E-state index is 11.6. The molecule has 134 valence electrons. The van der Waals surface area contributed by atoms with Crippen LogP contribution in [0.1, 0.15) is 51.5 Å². The fraction of sp³-hybridized carbons (Fsp3) is 0.706. The van der Waals surface area contributed by atoms with Gasteiger partial charge in [0.25, 0.3) is 0 Å². The molecule has 1 heterocycles. The second-order valence-corrected chi connectivity index (χ2v) is 6.86. The van der Waals surface area contributed by atoms with Crippen molar-refractivity contribution >= 4 is 23.5 Å². The Labute approximate surface area is 147 Å². The molecule has 7 heteroatoms. The number of thioether (sulfide) groups is 1. The number of aliphatic hydroxyl groups is 1. The third kappa shape index (κ3) is 4.60. The molecule has 24 heavy (non-hydrogen) atoms. The number of carbonyl (C=O) groups excluding carboxylic acids is 1. The Morgan fingerprint density at radius 3 is 3.00 bits per heavy atom. The number of rotatable bonds is 8. The average Bonchev–Trinajstić information content (AvgIpc) is 2.95. The lowest BCUT2D eigenvalue weighted by atomic mass is 9.94. The molecule has 0 aliphatic heterocycles. The summed E-state index contributed by atoms with van der Waals surface area (Å²) in [5.41, 5.74) is 0.189. The van der Waals surface area contributed by atoms with E-state index in [-0.39, 0.29) is 12.0 Å². The van der Waals surface area contributed by atoms with Crippen molar-refractivity contribution in [3.05, 3.63) is 11.8 Å². The summed E-state index contributed by atoms with van der Waals surface area (Å²) in [5.74, 6) is 0.501. The van der Waals surface area contributed by atoms with E-state index >= 15 is 0 Å². The number of ether oxygens (including phenoxy) is 1. The van der Waals surface area contributed by atoms with E-state index in [1.165, 1.54) is 11.8 Å². The number of carbonyl (C=O) groups is 1. The van der Waals surface area contributed by atoms with Gasteiger partial charge >= 0.3 is 5.97 Å². The van der Waals surface area contributed by atoms with E-state index in [0.717, 1.165) is 30.6 Å². The summed E-state index contributed by atoms with van der Waals surface area (Å²) in [6, 6.07) is -0.0200. The first-order chi connectivity index (χ1) is 11.5. The van der Waals surface area contributed by atoms with E-state index in [1.807, 2.05) is 13.2 Å². The minimum atomic E-state index is -0.692. The lowest BCUT2D eigenvalue weighted by molar-refractivity contribution is -0.143. The minimum Gasteiger partial charge on any atom is -0.466 e. The van der Waals surface area contributed by atoms with Gasteiger partial charge in [-0.15, -0.1) is 0 Å². The first kappa shape index (κ1) is 19.0. The molecule has 0 saturated heterocycles. The number of nitrogens with zero attached hydrogens (tertiary/aromatic N) is 2. The van der Waals surface area contributed by atoms with Crippen LogP contribution >= 0.6 is 11.8 Å². The zero-order valence-electron chi connectivity index (χ0n) is 14.7. The molecule has 2 unspecified atom stereocenters. The van der Waals surface area contributed by atoms with Gasteiger partial charge in [0.1, 0.15) is 5.82 Å². The molecule has 1 saturated carbocycles. The number of hydrogen-bond acceptors (Lipinski definition) is 7. The number of hydrogen-bond donors (Lipinski definition) is 2. The van der Waals surface area contributed by atoms with Crippen LogP contribution in [0.3, 0.4) is 0 Å². The van der Waals surface area contributed by atoms with E-state index in [9.17, 15) is 9.90 Å². The number of aromatic nitrogens is 2. The summed E-state index contributed by atoms with van der Waals surface area (Å²) in [4.78, 5) is 20.5. The highest BCUT2D eigenvalue weighted by molar-refractivity contribution is 7.98. The molecular formula is C17H27N3O3S. The van der Waals surface area contributed by atoms with Crippen LogP contribution in [-0.4, -0.2) is 45.5 Å². The zero-order chi connectivity index (χ0) is 17.6. The normalized spacial score (nSPS) is 23.2. The molecule has 0 bridgehead atoms. The first-order valence-electron chi connectivity index (χ1n) is 8.56. The highest BCUT2D eigenvalue weighted by Crippen LogP contribution is 2.35. The van der Waals surface area contributed by atoms with Gasteiger partial charge < -0.3 is 15.2 Å². The lowest BCUT2D eigenvalue weighted by Crippen LogP contribution is -2.42. The van der Waals surface area contributed by atoms with Gasteiger partial charge in [0.15, 0.2) is 5.16 Å². The van der Waals surface area contributed by atoms with Gasteiger partial charge in [-0.1, -0.05) is 18.7 Å². The second-order valence-electron chi connectivity index (χ2n) is 6.08. The van der Waals surface area contributed by atoms with Crippen molar-refractivity contribution in [2.24, 2.45) is 0 Å². The van der Waals surface area contributed by atoms with Crippen molar-refractivity contribution in [2.45, 2.75) is 69.2 Å². The first-order valence-corrected chi connectivity index (χ1v) is 9.79. The van der Waals surface area contributed by atoms with Crippen molar-refractivity contribution in [2.75, 3.05) is 18.2 Å². The summed E-state index contributed by atoms with van der Waals surface area (Å²) in [7, 11) is 0. The molecule has 0 radical (unpaired) electrons. The van der Waals surface area contributed by atoms with Crippen LogP contribution in [0.15, 0.2) is 11.4 Å².